The molecule has 0 amide bonds. The quantitative estimate of drug-likeness (QED) is 0.444. The van der Waals surface area contributed by atoms with Crippen molar-refractivity contribution in [2.45, 2.75) is 12.8 Å². The Morgan fingerprint density at radius 3 is 2.28 bits per heavy atom. The van der Waals surface area contributed by atoms with E-state index in [4.69, 9.17) is 9.97 Å². The topological polar surface area (TPSA) is 43.1 Å². The van der Waals surface area contributed by atoms with E-state index in [-0.39, 0.29) is 0 Å². The highest BCUT2D eigenvalue weighted by molar-refractivity contribution is 5.61. The van der Waals surface area contributed by atoms with Crippen LogP contribution in [0.3, 0.4) is 0 Å². The highest BCUT2D eigenvalue weighted by Gasteiger charge is 2.13. The van der Waals surface area contributed by atoms with Gasteiger partial charge in [0.25, 0.3) is 0 Å². The molecule has 29 heavy (non-hydrogen) atoms. The average molecular weight is 375 g/mol. The van der Waals surface area contributed by atoms with E-state index in [2.05, 4.69) is 41.5 Å². The van der Waals surface area contributed by atoms with E-state index in [0.29, 0.717) is 6.42 Å². The van der Waals surface area contributed by atoms with Crippen LogP contribution in [0.2, 0.25) is 0 Å². The smallest absolute Gasteiger partial charge is 0.159 e. The normalized spacial score (nSPS) is 11.0. The number of aromatic nitrogens is 4. The molecule has 5 rings (SSSR count). The molecule has 0 saturated carbocycles. The second-order valence-electron chi connectivity index (χ2n) is 7.00. The lowest BCUT2D eigenvalue weighted by molar-refractivity contribution is 1.01. The Morgan fingerprint density at radius 2 is 1.52 bits per heavy atom. The Balaban J connectivity index is 1.61. The van der Waals surface area contributed by atoms with Crippen LogP contribution < -0.4 is 0 Å². The molecule has 0 saturated heterocycles. The van der Waals surface area contributed by atoms with Gasteiger partial charge in [-0.25, -0.2) is 9.97 Å². The van der Waals surface area contributed by atoms with Crippen LogP contribution in [0.25, 0.3) is 16.9 Å². The summed E-state index contributed by atoms with van der Waals surface area (Å²) in [5, 5.41) is 0. The standard InChI is InChI=1S/C25H19N4/c1-3-8-19(9-4-1)14-22-17-29-18-24(21-11-5-2-6-12-21)28-23(25(29)27-22)15-20-10-7-13-26-16-20/h1-13,16,18H,14-15H2. The maximum Gasteiger partial charge on any atom is 0.159 e. The highest BCUT2D eigenvalue weighted by Crippen LogP contribution is 2.22. The van der Waals surface area contributed by atoms with Crippen molar-refractivity contribution < 1.29 is 0 Å². The summed E-state index contributed by atoms with van der Waals surface area (Å²) in [7, 11) is 0. The maximum atomic E-state index is 4.96. The van der Waals surface area contributed by atoms with Crippen LogP contribution in [-0.4, -0.2) is 19.4 Å². The van der Waals surface area contributed by atoms with Crippen LogP contribution in [0.5, 0.6) is 0 Å². The Morgan fingerprint density at radius 1 is 0.759 bits per heavy atom. The largest absolute Gasteiger partial charge is 0.294 e. The number of fused-ring (bicyclic) bond motifs is 1. The number of nitrogens with zero attached hydrogens (tertiary/aromatic N) is 4. The van der Waals surface area contributed by atoms with Crippen molar-refractivity contribution in [1.82, 2.24) is 19.4 Å². The molecule has 0 atom stereocenters. The molecule has 0 aliphatic carbocycles. The van der Waals surface area contributed by atoms with Gasteiger partial charge in [0.15, 0.2) is 5.65 Å². The van der Waals surface area contributed by atoms with Crippen LogP contribution in [0, 0.1) is 6.20 Å². The van der Waals surface area contributed by atoms with E-state index < -0.39 is 0 Å². The minimum absolute atomic E-state index is 0.674. The van der Waals surface area contributed by atoms with E-state index in [1.54, 1.807) is 6.20 Å². The van der Waals surface area contributed by atoms with Gasteiger partial charge < -0.3 is 0 Å². The van der Waals surface area contributed by atoms with Gasteiger partial charge in [0.05, 0.1) is 23.3 Å². The molecule has 3 heterocycles. The van der Waals surface area contributed by atoms with E-state index in [1.165, 1.54) is 5.56 Å². The van der Waals surface area contributed by atoms with Crippen molar-refractivity contribution >= 4 is 5.65 Å². The monoisotopic (exact) mass is 375 g/mol. The summed E-state index contributed by atoms with van der Waals surface area (Å²) in [6.45, 7) is 0. The Hall–Kier alpha value is -3.79. The minimum Gasteiger partial charge on any atom is -0.294 e. The highest BCUT2D eigenvalue weighted by atomic mass is 15.0. The summed E-state index contributed by atoms with van der Waals surface area (Å²) in [5.74, 6) is 0. The zero-order valence-corrected chi connectivity index (χ0v) is 15.9. The zero-order chi connectivity index (χ0) is 19.5. The molecule has 3 aromatic heterocycles. The van der Waals surface area contributed by atoms with Gasteiger partial charge in [-0.2, -0.15) is 0 Å². The van der Waals surface area contributed by atoms with Crippen molar-refractivity contribution in [2.75, 3.05) is 0 Å². The van der Waals surface area contributed by atoms with Crippen molar-refractivity contribution in [3.05, 3.63) is 120 Å². The SMILES string of the molecule is [c]1c(Cc2ccccc2)nc2c(Cc3cccnc3)nc(-c3ccccc3)cn12. The van der Waals surface area contributed by atoms with E-state index in [9.17, 15) is 0 Å². The fourth-order valence-electron chi connectivity index (χ4n) is 3.47. The Labute approximate surface area is 169 Å². The van der Waals surface area contributed by atoms with Gasteiger partial charge in [-0.3, -0.25) is 9.38 Å². The van der Waals surface area contributed by atoms with Gasteiger partial charge in [-0.1, -0.05) is 66.7 Å². The number of pyridine rings is 1. The van der Waals surface area contributed by atoms with Gasteiger partial charge in [-0.15, -0.1) is 0 Å². The van der Waals surface area contributed by atoms with E-state index >= 15 is 0 Å². The predicted molar refractivity (Wildman–Crippen MR) is 114 cm³/mol. The molecule has 0 unspecified atom stereocenters. The third kappa shape index (κ3) is 3.78. The lowest BCUT2D eigenvalue weighted by Gasteiger charge is -2.07. The first-order chi connectivity index (χ1) is 14.3. The second-order valence-corrected chi connectivity index (χ2v) is 7.00. The fourth-order valence-corrected chi connectivity index (χ4v) is 3.47. The van der Waals surface area contributed by atoms with Crippen molar-refractivity contribution in [3.8, 4) is 11.3 Å². The number of rotatable bonds is 5. The summed E-state index contributed by atoms with van der Waals surface area (Å²) < 4.78 is 1.99. The molecular weight excluding hydrogens is 356 g/mol. The van der Waals surface area contributed by atoms with Crippen LogP contribution in [0.4, 0.5) is 0 Å². The first-order valence-corrected chi connectivity index (χ1v) is 9.63. The summed E-state index contributed by atoms with van der Waals surface area (Å²) in [4.78, 5) is 14.1. The van der Waals surface area contributed by atoms with Gasteiger partial charge in [0, 0.05) is 37.0 Å². The molecule has 0 aliphatic rings. The second kappa shape index (κ2) is 7.68. The summed E-state index contributed by atoms with van der Waals surface area (Å²) in [5.41, 5.74) is 7.01. The molecule has 2 aromatic carbocycles. The fraction of sp³-hybridized carbons (Fsp3) is 0.0800. The third-order valence-electron chi connectivity index (χ3n) is 4.86. The summed E-state index contributed by atoms with van der Waals surface area (Å²) in [6, 6.07) is 24.6. The summed E-state index contributed by atoms with van der Waals surface area (Å²) >= 11 is 0. The molecule has 0 fully saturated rings. The van der Waals surface area contributed by atoms with Gasteiger partial charge in [0.1, 0.15) is 0 Å². The molecule has 0 bridgehead atoms. The molecule has 0 N–H and O–H groups in total. The van der Waals surface area contributed by atoms with Gasteiger partial charge in [0.2, 0.25) is 0 Å². The lowest BCUT2D eigenvalue weighted by atomic mass is 10.1. The molecule has 0 aliphatic heterocycles. The van der Waals surface area contributed by atoms with Gasteiger partial charge >= 0.3 is 0 Å². The third-order valence-corrected chi connectivity index (χ3v) is 4.86. The Kier molecular flexibility index (Phi) is 4.59. The summed E-state index contributed by atoms with van der Waals surface area (Å²) in [6.07, 6.45) is 10.5. The number of benzene rings is 2. The van der Waals surface area contributed by atoms with Gasteiger partial charge in [-0.05, 0) is 17.2 Å². The molecule has 5 aromatic rings. The zero-order valence-electron chi connectivity index (χ0n) is 15.9. The molecule has 0 spiro atoms. The maximum absolute atomic E-state index is 4.96. The average Bonchev–Trinajstić information content (AvgIpc) is 3.18. The number of hydrogen-bond donors (Lipinski definition) is 0. The number of hydrogen-bond acceptors (Lipinski definition) is 3. The van der Waals surface area contributed by atoms with Crippen molar-refractivity contribution in [3.63, 3.8) is 0 Å². The van der Waals surface area contributed by atoms with Crippen LogP contribution in [0.1, 0.15) is 22.5 Å². The van der Waals surface area contributed by atoms with Crippen molar-refractivity contribution in [2.24, 2.45) is 0 Å². The number of imidazole rings is 1. The van der Waals surface area contributed by atoms with Crippen LogP contribution in [-0.2, 0) is 12.8 Å². The van der Waals surface area contributed by atoms with Crippen LogP contribution in [0.15, 0.2) is 91.4 Å². The molecule has 1 radical (unpaired) electrons. The predicted octanol–water partition coefficient (Wildman–Crippen LogP) is 4.77. The first-order valence-electron chi connectivity index (χ1n) is 9.63. The molecule has 4 nitrogen and oxygen atoms in total. The Bertz CT molecular complexity index is 1230. The lowest BCUT2D eigenvalue weighted by Crippen LogP contribution is -2.01. The molecule has 139 valence electrons. The van der Waals surface area contributed by atoms with Crippen molar-refractivity contribution in [1.29, 1.82) is 0 Å². The van der Waals surface area contributed by atoms with E-state index in [0.717, 1.165) is 40.3 Å². The minimum atomic E-state index is 0.674. The van der Waals surface area contributed by atoms with Crippen LogP contribution >= 0.6 is 0 Å². The van der Waals surface area contributed by atoms with E-state index in [1.807, 2.05) is 59.3 Å². The molecular formula is C25H19N4. The first kappa shape index (κ1) is 17.3. The molecule has 4 heteroatoms.